The van der Waals surface area contributed by atoms with Crippen molar-refractivity contribution in [3.05, 3.63) is 65.7 Å². The first-order valence-electron chi connectivity index (χ1n) is 10.6. The van der Waals surface area contributed by atoms with Crippen LogP contribution in [-0.2, 0) is 16.0 Å². The highest BCUT2D eigenvalue weighted by molar-refractivity contribution is 7.80. The molecule has 6 nitrogen and oxygen atoms in total. The molecular weight excluding hydrogens is 412 g/mol. The molecule has 0 aromatic heterocycles. The van der Waals surface area contributed by atoms with E-state index in [9.17, 15) is 9.59 Å². The molecular formula is C24H28N2O4S. The average Bonchev–Trinajstić information content (AvgIpc) is 2.80. The van der Waals surface area contributed by atoms with Crippen LogP contribution in [0.5, 0.6) is 5.75 Å². The standard InChI is InChI=1S/C24H28N2O4S/c1-2-29-23(28)20-12-15-26(16-13-20)24(31)25-22(27)19-8-10-21(11-9-19)30-17-14-18-6-4-3-5-7-18/h3-11,20H,2,12-17H2,1H3,(H,25,27,31). The number of rotatable bonds is 7. The van der Waals surface area contributed by atoms with E-state index in [1.807, 2.05) is 23.1 Å². The molecule has 3 rings (SSSR count). The van der Waals surface area contributed by atoms with Gasteiger partial charge in [-0.3, -0.25) is 14.9 Å². The van der Waals surface area contributed by atoms with Crippen molar-refractivity contribution in [2.24, 2.45) is 5.92 Å². The summed E-state index contributed by atoms with van der Waals surface area (Å²) in [6, 6.07) is 17.2. The Morgan fingerprint density at radius 3 is 2.39 bits per heavy atom. The van der Waals surface area contributed by atoms with Crippen molar-refractivity contribution in [2.75, 3.05) is 26.3 Å². The number of ether oxygens (including phenoxy) is 2. The molecule has 0 unspecified atom stereocenters. The first kappa shape index (κ1) is 22.7. The minimum Gasteiger partial charge on any atom is -0.493 e. The molecule has 0 atom stereocenters. The minimum absolute atomic E-state index is 0.0934. The van der Waals surface area contributed by atoms with Gasteiger partial charge in [0.2, 0.25) is 0 Å². The Labute approximate surface area is 188 Å². The monoisotopic (exact) mass is 440 g/mol. The molecule has 164 valence electrons. The number of benzene rings is 2. The molecule has 1 amide bonds. The predicted molar refractivity (Wildman–Crippen MR) is 123 cm³/mol. The third-order valence-electron chi connectivity index (χ3n) is 5.24. The van der Waals surface area contributed by atoms with Crippen LogP contribution in [0.25, 0.3) is 0 Å². The zero-order chi connectivity index (χ0) is 22.1. The summed E-state index contributed by atoms with van der Waals surface area (Å²) in [5.41, 5.74) is 1.73. The van der Waals surface area contributed by atoms with E-state index in [0.717, 1.165) is 12.2 Å². The summed E-state index contributed by atoms with van der Waals surface area (Å²) in [7, 11) is 0. The van der Waals surface area contributed by atoms with Crippen LogP contribution in [0, 0.1) is 5.92 Å². The van der Waals surface area contributed by atoms with Gasteiger partial charge in [0.1, 0.15) is 5.75 Å². The molecule has 0 aliphatic carbocycles. The van der Waals surface area contributed by atoms with Crippen LogP contribution in [0.3, 0.4) is 0 Å². The fraction of sp³-hybridized carbons (Fsp3) is 0.375. The topological polar surface area (TPSA) is 67.9 Å². The molecule has 7 heteroatoms. The second-order valence-corrected chi connectivity index (χ2v) is 7.77. The Kier molecular flexibility index (Phi) is 8.41. The van der Waals surface area contributed by atoms with Crippen molar-refractivity contribution in [1.82, 2.24) is 10.2 Å². The van der Waals surface area contributed by atoms with Crippen LogP contribution < -0.4 is 10.1 Å². The van der Waals surface area contributed by atoms with Crippen LogP contribution in [0.2, 0.25) is 0 Å². The van der Waals surface area contributed by atoms with E-state index in [1.54, 1.807) is 31.2 Å². The van der Waals surface area contributed by atoms with Crippen LogP contribution in [-0.4, -0.2) is 48.2 Å². The smallest absolute Gasteiger partial charge is 0.309 e. The van der Waals surface area contributed by atoms with Crippen LogP contribution in [0.4, 0.5) is 0 Å². The average molecular weight is 441 g/mol. The van der Waals surface area contributed by atoms with Crippen molar-refractivity contribution in [1.29, 1.82) is 0 Å². The van der Waals surface area contributed by atoms with Gasteiger partial charge >= 0.3 is 5.97 Å². The van der Waals surface area contributed by atoms with Crippen molar-refractivity contribution in [3.8, 4) is 5.75 Å². The zero-order valence-corrected chi connectivity index (χ0v) is 18.5. The third-order valence-corrected chi connectivity index (χ3v) is 5.60. The second kappa shape index (κ2) is 11.5. The lowest BCUT2D eigenvalue weighted by atomic mass is 9.97. The SMILES string of the molecule is CCOC(=O)C1CCN(C(=S)NC(=O)c2ccc(OCCc3ccccc3)cc2)CC1. The number of piperidine rings is 1. The van der Waals surface area contributed by atoms with Crippen LogP contribution in [0.1, 0.15) is 35.7 Å². The van der Waals surface area contributed by atoms with Gasteiger partial charge in [-0.2, -0.15) is 0 Å². The predicted octanol–water partition coefficient (Wildman–Crippen LogP) is 3.60. The number of likely N-dealkylation sites (tertiary alicyclic amines) is 1. The first-order chi connectivity index (χ1) is 15.1. The fourth-order valence-corrected chi connectivity index (χ4v) is 3.74. The maximum absolute atomic E-state index is 12.5. The number of hydrogen-bond acceptors (Lipinski definition) is 5. The molecule has 0 spiro atoms. The second-order valence-electron chi connectivity index (χ2n) is 7.38. The number of hydrogen-bond donors (Lipinski definition) is 1. The van der Waals surface area contributed by atoms with Gasteiger partial charge in [-0.1, -0.05) is 30.3 Å². The molecule has 1 N–H and O–H groups in total. The third kappa shape index (κ3) is 6.79. The summed E-state index contributed by atoms with van der Waals surface area (Å²) in [6.07, 6.45) is 2.16. The summed E-state index contributed by atoms with van der Waals surface area (Å²) in [6.45, 7) is 4.01. The highest BCUT2D eigenvalue weighted by Crippen LogP contribution is 2.19. The normalized spacial score (nSPS) is 14.0. The maximum Gasteiger partial charge on any atom is 0.309 e. The Morgan fingerprint density at radius 1 is 1.06 bits per heavy atom. The number of carbonyl (C=O) groups is 2. The molecule has 1 heterocycles. The van der Waals surface area contributed by atoms with Crippen molar-refractivity contribution >= 4 is 29.2 Å². The lowest BCUT2D eigenvalue weighted by Gasteiger charge is -2.32. The molecule has 1 fully saturated rings. The van der Waals surface area contributed by atoms with Gasteiger partial charge in [-0.25, -0.2) is 0 Å². The summed E-state index contributed by atoms with van der Waals surface area (Å²) in [5.74, 6) is 0.219. The number of thiocarbonyl (C=S) groups is 1. The summed E-state index contributed by atoms with van der Waals surface area (Å²) in [4.78, 5) is 26.3. The first-order valence-corrected chi connectivity index (χ1v) is 11.0. The molecule has 2 aromatic carbocycles. The van der Waals surface area contributed by atoms with Gasteiger partial charge in [-0.05, 0) is 61.8 Å². The summed E-state index contributed by atoms with van der Waals surface area (Å²) >= 11 is 5.39. The number of carbonyl (C=O) groups excluding carboxylic acids is 2. The summed E-state index contributed by atoms with van der Waals surface area (Å²) in [5, 5.41) is 3.17. The molecule has 1 aliphatic heterocycles. The Balaban J connectivity index is 1.43. The minimum atomic E-state index is -0.256. The lowest BCUT2D eigenvalue weighted by Crippen LogP contribution is -2.47. The van der Waals surface area contributed by atoms with Gasteiger partial charge < -0.3 is 14.4 Å². The van der Waals surface area contributed by atoms with Crippen molar-refractivity contribution in [2.45, 2.75) is 26.2 Å². The molecule has 0 saturated carbocycles. The number of nitrogens with one attached hydrogen (secondary N) is 1. The van der Waals surface area contributed by atoms with Gasteiger partial charge in [-0.15, -0.1) is 0 Å². The number of amides is 1. The van der Waals surface area contributed by atoms with E-state index in [2.05, 4.69) is 17.4 Å². The Bertz CT molecular complexity index is 878. The van der Waals surface area contributed by atoms with Crippen LogP contribution >= 0.6 is 12.2 Å². The number of esters is 1. The van der Waals surface area contributed by atoms with Crippen molar-refractivity contribution in [3.63, 3.8) is 0 Å². The molecule has 1 aliphatic rings. The maximum atomic E-state index is 12.5. The van der Waals surface area contributed by atoms with Crippen LogP contribution in [0.15, 0.2) is 54.6 Å². The molecule has 31 heavy (non-hydrogen) atoms. The van der Waals surface area contributed by atoms with E-state index in [4.69, 9.17) is 21.7 Å². The van der Waals surface area contributed by atoms with E-state index in [1.165, 1.54) is 5.56 Å². The van der Waals surface area contributed by atoms with Gasteiger partial charge in [0.15, 0.2) is 5.11 Å². The highest BCUT2D eigenvalue weighted by Gasteiger charge is 2.27. The summed E-state index contributed by atoms with van der Waals surface area (Å²) < 4.78 is 10.8. The van der Waals surface area contributed by atoms with E-state index in [0.29, 0.717) is 49.8 Å². The van der Waals surface area contributed by atoms with E-state index < -0.39 is 0 Å². The molecule has 2 aromatic rings. The lowest BCUT2D eigenvalue weighted by molar-refractivity contribution is -0.149. The Morgan fingerprint density at radius 2 is 1.74 bits per heavy atom. The van der Waals surface area contributed by atoms with E-state index >= 15 is 0 Å². The van der Waals surface area contributed by atoms with Crippen molar-refractivity contribution < 1.29 is 19.1 Å². The largest absolute Gasteiger partial charge is 0.493 e. The highest BCUT2D eigenvalue weighted by atomic mass is 32.1. The molecule has 0 radical (unpaired) electrons. The molecule has 0 bridgehead atoms. The van der Waals surface area contributed by atoms with Gasteiger partial charge in [0.05, 0.1) is 19.1 Å². The van der Waals surface area contributed by atoms with Gasteiger partial charge in [0.25, 0.3) is 5.91 Å². The zero-order valence-electron chi connectivity index (χ0n) is 17.7. The fourth-order valence-electron chi connectivity index (χ4n) is 3.46. The number of nitrogens with zero attached hydrogens (tertiary/aromatic N) is 1. The van der Waals surface area contributed by atoms with Gasteiger partial charge in [0, 0.05) is 25.1 Å². The quantitative estimate of drug-likeness (QED) is 0.524. The molecule has 1 saturated heterocycles. The Hall–Kier alpha value is -2.93. The van der Waals surface area contributed by atoms with E-state index in [-0.39, 0.29) is 17.8 Å².